The number of carbonyl (C=O) groups excluding carboxylic acids is 1. The average Bonchev–Trinajstić information content (AvgIpc) is 2.85. The zero-order valence-corrected chi connectivity index (χ0v) is 20.3. The zero-order chi connectivity index (χ0) is 24.5. The zero-order valence-electron chi connectivity index (χ0n) is 20.3. The first kappa shape index (κ1) is 23.9. The molecule has 5 rings (SSSR count). The summed E-state index contributed by atoms with van der Waals surface area (Å²) in [4.78, 5) is 22.1. The molecule has 0 saturated carbocycles. The molecular weight excluding hydrogens is 450 g/mol. The molecule has 188 valence electrons. The van der Waals surface area contributed by atoms with E-state index in [4.69, 9.17) is 0 Å². The van der Waals surface area contributed by atoms with Gasteiger partial charge in [-0.05, 0) is 69.6 Å². The standard InChI is InChI=1S/C26H34F2N6O/c1-33-10-8-17(9-11-33)34(2)18-6-7-23(30-15-18)32-24-13-22-16(14-29-24)12-19(26(35)31-22)25-20(27)4-3-5-21(25)28/h3-7,15-17,19,22,24,29H,8-14H2,1-2H3,(H,30,32)(H,31,35). The summed E-state index contributed by atoms with van der Waals surface area (Å²) in [5, 5.41) is 9.91. The topological polar surface area (TPSA) is 72.5 Å². The van der Waals surface area contributed by atoms with Crippen LogP contribution in [0.1, 0.15) is 37.2 Å². The van der Waals surface area contributed by atoms with Crippen LogP contribution in [0, 0.1) is 17.6 Å². The van der Waals surface area contributed by atoms with Gasteiger partial charge in [0.25, 0.3) is 0 Å². The molecule has 9 heteroatoms. The maximum Gasteiger partial charge on any atom is 0.228 e. The largest absolute Gasteiger partial charge is 0.370 e. The molecule has 1 aromatic carbocycles. The summed E-state index contributed by atoms with van der Waals surface area (Å²) in [5.41, 5.74) is 0.978. The smallest absolute Gasteiger partial charge is 0.228 e. The number of hydrogen-bond donors (Lipinski definition) is 3. The van der Waals surface area contributed by atoms with Crippen molar-refractivity contribution in [3.05, 3.63) is 53.7 Å². The Morgan fingerprint density at radius 3 is 2.54 bits per heavy atom. The third kappa shape index (κ3) is 5.11. The minimum Gasteiger partial charge on any atom is -0.370 e. The number of rotatable bonds is 5. The van der Waals surface area contributed by atoms with E-state index in [0.29, 0.717) is 25.4 Å². The van der Waals surface area contributed by atoms with Crippen LogP contribution in [0.2, 0.25) is 0 Å². The maximum atomic E-state index is 14.3. The number of nitrogens with one attached hydrogen (secondary N) is 3. The molecule has 0 bridgehead atoms. The van der Waals surface area contributed by atoms with Crippen molar-refractivity contribution in [2.24, 2.45) is 5.92 Å². The van der Waals surface area contributed by atoms with Crippen molar-refractivity contribution in [3.8, 4) is 0 Å². The van der Waals surface area contributed by atoms with Crippen molar-refractivity contribution in [3.63, 3.8) is 0 Å². The van der Waals surface area contributed by atoms with Crippen molar-refractivity contribution in [1.82, 2.24) is 20.5 Å². The maximum absolute atomic E-state index is 14.3. The lowest BCUT2D eigenvalue weighted by atomic mass is 9.77. The first-order valence-corrected chi connectivity index (χ1v) is 12.5. The van der Waals surface area contributed by atoms with Crippen molar-refractivity contribution < 1.29 is 13.6 Å². The highest BCUT2D eigenvalue weighted by Gasteiger charge is 2.41. The first-order chi connectivity index (χ1) is 16.9. The number of halogens is 2. The molecule has 0 aliphatic carbocycles. The van der Waals surface area contributed by atoms with Crippen molar-refractivity contribution in [2.75, 3.05) is 43.9 Å². The van der Waals surface area contributed by atoms with Gasteiger partial charge in [0, 0.05) is 37.7 Å². The Balaban J connectivity index is 1.17. The van der Waals surface area contributed by atoms with Crippen LogP contribution in [-0.4, -0.2) is 67.8 Å². The van der Waals surface area contributed by atoms with Gasteiger partial charge in [-0.3, -0.25) is 10.1 Å². The summed E-state index contributed by atoms with van der Waals surface area (Å²) in [5.74, 6) is -1.57. The summed E-state index contributed by atoms with van der Waals surface area (Å²) < 4.78 is 28.6. The fourth-order valence-electron chi connectivity index (χ4n) is 5.74. The van der Waals surface area contributed by atoms with Gasteiger partial charge in [-0.2, -0.15) is 0 Å². The Morgan fingerprint density at radius 1 is 1.11 bits per heavy atom. The van der Waals surface area contributed by atoms with Crippen LogP contribution >= 0.6 is 0 Å². The molecule has 7 nitrogen and oxygen atoms in total. The number of pyridine rings is 1. The lowest BCUT2D eigenvalue weighted by molar-refractivity contribution is -0.126. The summed E-state index contributed by atoms with van der Waals surface area (Å²) in [7, 11) is 4.30. The van der Waals surface area contributed by atoms with E-state index in [2.05, 4.69) is 50.9 Å². The van der Waals surface area contributed by atoms with Crippen molar-refractivity contribution >= 4 is 17.4 Å². The molecule has 1 aromatic heterocycles. The molecule has 35 heavy (non-hydrogen) atoms. The van der Waals surface area contributed by atoms with Crippen molar-refractivity contribution in [2.45, 2.75) is 49.9 Å². The monoisotopic (exact) mass is 484 g/mol. The number of anilines is 2. The van der Waals surface area contributed by atoms with Gasteiger partial charge >= 0.3 is 0 Å². The molecule has 4 heterocycles. The number of fused-ring (bicyclic) bond motifs is 1. The third-order valence-corrected chi connectivity index (χ3v) is 7.93. The Labute approximate surface area is 205 Å². The number of amides is 1. The highest BCUT2D eigenvalue weighted by molar-refractivity contribution is 5.85. The number of piperidine rings is 3. The van der Waals surface area contributed by atoms with E-state index < -0.39 is 17.6 Å². The normalized spacial score (nSPS) is 27.7. The van der Waals surface area contributed by atoms with Gasteiger partial charge in [-0.25, -0.2) is 13.8 Å². The molecule has 0 spiro atoms. The van der Waals surface area contributed by atoms with Crippen LogP contribution < -0.4 is 20.9 Å². The first-order valence-electron chi connectivity index (χ1n) is 12.5. The van der Waals surface area contributed by atoms with Gasteiger partial charge < -0.3 is 20.4 Å². The molecule has 4 atom stereocenters. The number of likely N-dealkylation sites (tertiary alicyclic amines) is 1. The lowest BCUT2D eigenvalue weighted by Crippen LogP contribution is -2.59. The van der Waals surface area contributed by atoms with E-state index in [1.165, 1.54) is 18.2 Å². The summed E-state index contributed by atoms with van der Waals surface area (Å²) in [6, 6.07) is 8.30. The molecule has 0 radical (unpaired) electrons. The van der Waals surface area contributed by atoms with Gasteiger partial charge in [-0.15, -0.1) is 0 Å². The number of hydrogen-bond acceptors (Lipinski definition) is 6. The molecule has 1 amide bonds. The van der Waals surface area contributed by atoms with Gasteiger partial charge in [0.15, 0.2) is 0 Å². The van der Waals surface area contributed by atoms with E-state index in [0.717, 1.165) is 37.4 Å². The van der Waals surface area contributed by atoms with E-state index in [9.17, 15) is 13.6 Å². The number of carbonyl (C=O) groups is 1. The Hall–Kier alpha value is -2.78. The molecule has 2 aromatic rings. The Morgan fingerprint density at radius 2 is 1.86 bits per heavy atom. The highest BCUT2D eigenvalue weighted by atomic mass is 19.1. The van der Waals surface area contributed by atoms with Crippen LogP contribution in [0.4, 0.5) is 20.3 Å². The molecular formula is C26H34F2N6O. The number of aromatic nitrogens is 1. The minimum absolute atomic E-state index is 0.0525. The second-order valence-electron chi connectivity index (χ2n) is 10.2. The van der Waals surface area contributed by atoms with Crippen molar-refractivity contribution in [1.29, 1.82) is 0 Å². The van der Waals surface area contributed by atoms with E-state index in [1.54, 1.807) is 0 Å². The quantitative estimate of drug-likeness (QED) is 0.606. The minimum atomic E-state index is -0.806. The van der Waals surface area contributed by atoms with E-state index in [-0.39, 0.29) is 29.6 Å². The molecule has 3 N–H and O–H groups in total. The average molecular weight is 485 g/mol. The van der Waals surface area contributed by atoms with Crippen LogP contribution in [0.15, 0.2) is 36.5 Å². The molecule has 3 aliphatic heterocycles. The van der Waals surface area contributed by atoms with Crippen LogP contribution in [0.5, 0.6) is 0 Å². The van der Waals surface area contributed by atoms with Gasteiger partial charge in [0.1, 0.15) is 17.5 Å². The summed E-state index contributed by atoms with van der Waals surface area (Å²) in [6.07, 6.45) is 5.24. The fourth-order valence-corrected chi connectivity index (χ4v) is 5.74. The summed E-state index contributed by atoms with van der Waals surface area (Å²) in [6.45, 7) is 2.88. The number of nitrogens with zero attached hydrogens (tertiary/aromatic N) is 3. The van der Waals surface area contributed by atoms with Crippen LogP contribution in [0.3, 0.4) is 0 Å². The predicted molar refractivity (Wildman–Crippen MR) is 132 cm³/mol. The van der Waals surface area contributed by atoms with E-state index >= 15 is 0 Å². The molecule has 4 unspecified atom stereocenters. The second kappa shape index (κ2) is 10.1. The molecule has 3 aliphatic rings. The third-order valence-electron chi connectivity index (χ3n) is 7.93. The van der Waals surface area contributed by atoms with Gasteiger partial charge in [-0.1, -0.05) is 6.07 Å². The van der Waals surface area contributed by atoms with Gasteiger partial charge in [0.05, 0.1) is 24.0 Å². The molecule has 3 fully saturated rings. The second-order valence-corrected chi connectivity index (χ2v) is 10.2. The SMILES string of the molecule is CN1CCC(N(C)c2ccc(NC3CC4NC(=O)C(c5c(F)cccc5F)CC4CN3)nc2)CC1. The highest BCUT2D eigenvalue weighted by Crippen LogP contribution is 2.35. The Kier molecular flexibility index (Phi) is 6.88. The van der Waals surface area contributed by atoms with Crippen LogP contribution in [-0.2, 0) is 4.79 Å². The number of benzene rings is 1. The Bertz CT molecular complexity index is 1020. The molecule has 3 saturated heterocycles. The fraction of sp³-hybridized carbons (Fsp3) is 0.538. The predicted octanol–water partition coefficient (Wildman–Crippen LogP) is 2.91. The van der Waals surface area contributed by atoms with Gasteiger partial charge in [0.2, 0.25) is 5.91 Å². The van der Waals surface area contributed by atoms with Crippen LogP contribution in [0.25, 0.3) is 0 Å². The lowest BCUT2D eigenvalue weighted by Gasteiger charge is -2.43. The summed E-state index contributed by atoms with van der Waals surface area (Å²) >= 11 is 0. The van der Waals surface area contributed by atoms with E-state index in [1.807, 2.05) is 12.3 Å².